The van der Waals surface area contributed by atoms with Gasteiger partial charge in [-0.25, -0.2) is 0 Å². The highest BCUT2D eigenvalue weighted by Gasteiger charge is 2.30. The van der Waals surface area contributed by atoms with Crippen molar-refractivity contribution in [3.63, 3.8) is 0 Å². The van der Waals surface area contributed by atoms with E-state index in [9.17, 15) is 9.59 Å². The zero-order chi connectivity index (χ0) is 16.1. The first-order valence-electron chi connectivity index (χ1n) is 7.12. The first-order chi connectivity index (χ1) is 11.2. The van der Waals surface area contributed by atoms with E-state index in [2.05, 4.69) is 5.32 Å². The minimum Gasteiger partial charge on any atom is -0.493 e. The van der Waals surface area contributed by atoms with Gasteiger partial charge >= 0.3 is 0 Å². The molecule has 114 valence electrons. The van der Waals surface area contributed by atoms with E-state index in [1.54, 1.807) is 13.2 Å². The molecule has 5 nitrogen and oxygen atoms in total. The normalized spacial score (nSPS) is 13.3. The standard InChI is InChI=1S/C18H13NO4/c1-22-13-8-11-14-12(19-18(21)16(11)20)7-9-5-3-4-6-10(9)15(14)17(13)23-2/h3-8H,1-2H3,(H,19,21). The largest absolute Gasteiger partial charge is 0.493 e. The third kappa shape index (κ3) is 1.73. The van der Waals surface area contributed by atoms with Gasteiger partial charge in [0.05, 0.1) is 19.9 Å². The van der Waals surface area contributed by atoms with E-state index in [4.69, 9.17) is 9.47 Å². The summed E-state index contributed by atoms with van der Waals surface area (Å²) in [6.07, 6.45) is 0. The number of carbonyl (C=O) groups excluding carboxylic acids is 2. The van der Waals surface area contributed by atoms with E-state index in [0.29, 0.717) is 28.1 Å². The SMILES string of the molecule is COc1cc2c3c(cc4ccccc4c3c1OC)NC(=O)C2=O. The molecule has 0 bridgehead atoms. The van der Waals surface area contributed by atoms with Crippen LogP contribution in [0, 0.1) is 0 Å². The van der Waals surface area contributed by atoms with Gasteiger partial charge in [0.15, 0.2) is 11.5 Å². The lowest BCUT2D eigenvalue weighted by molar-refractivity contribution is -0.112. The monoisotopic (exact) mass is 307 g/mol. The molecule has 1 amide bonds. The highest BCUT2D eigenvalue weighted by atomic mass is 16.5. The Morgan fingerprint density at radius 1 is 0.957 bits per heavy atom. The van der Waals surface area contributed by atoms with Crippen LogP contribution in [-0.2, 0) is 4.79 Å². The molecular weight excluding hydrogens is 294 g/mol. The summed E-state index contributed by atoms with van der Waals surface area (Å²) in [6.45, 7) is 0. The van der Waals surface area contributed by atoms with E-state index in [1.807, 2.05) is 30.3 Å². The number of methoxy groups -OCH3 is 2. The number of benzene rings is 3. The smallest absolute Gasteiger partial charge is 0.296 e. The molecule has 1 aliphatic heterocycles. The molecule has 1 aliphatic rings. The second-order valence-corrected chi connectivity index (χ2v) is 5.34. The maximum Gasteiger partial charge on any atom is 0.296 e. The Balaban J connectivity index is 2.32. The minimum atomic E-state index is -0.638. The summed E-state index contributed by atoms with van der Waals surface area (Å²) >= 11 is 0. The molecule has 3 aromatic carbocycles. The topological polar surface area (TPSA) is 64.6 Å². The van der Waals surface area contributed by atoms with Crippen LogP contribution in [0.2, 0.25) is 0 Å². The van der Waals surface area contributed by atoms with Gasteiger partial charge in [0.2, 0.25) is 0 Å². The number of ketones is 1. The van der Waals surface area contributed by atoms with E-state index in [0.717, 1.165) is 16.2 Å². The Labute approximate surface area is 131 Å². The molecule has 0 atom stereocenters. The molecule has 0 saturated carbocycles. The minimum absolute atomic E-state index is 0.335. The average molecular weight is 307 g/mol. The van der Waals surface area contributed by atoms with Gasteiger partial charge in [-0.05, 0) is 22.9 Å². The highest BCUT2D eigenvalue weighted by Crippen LogP contribution is 2.46. The number of fused-ring (bicyclic) bond motifs is 2. The van der Waals surface area contributed by atoms with Crippen LogP contribution < -0.4 is 14.8 Å². The van der Waals surface area contributed by atoms with Crippen molar-refractivity contribution >= 4 is 38.9 Å². The van der Waals surface area contributed by atoms with Crippen molar-refractivity contribution in [3.8, 4) is 11.5 Å². The molecule has 0 aromatic heterocycles. The second-order valence-electron chi connectivity index (χ2n) is 5.34. The van der Waals surface area contributed by atoms with Crippen LogP contribution in [0.4, 0.5) is 5.69 Å². The van der Waals surface area contributed by atoms with E-state index >= 15 is 0 Å². The van der Waals surface area contributed by atoms with Crippen molar-refractivity contribution in [1.29, 1.82) is 0 Å². The Morgan fingerprint density at radius 2 is 1.74 bits per heavy atom. The van der Waals surface area contributed by atoms with Gasteiger partial charge in [-0.1, -0.05) is 24.3 Å². The Morgan fingerprint density at radius 3 is 2.48 bits per heavy atom. The van der Waals surface area contributed by atoms with Crippen LogP contribution in [0.1, 0.15) is 10.4 Å². The van der Waals surface area contributed by atoms with Crippen LogP contribution in [0.3, 0.4) is 0 Å². The van der Waals surface area contributed by atoms with Gasteiger partial charge in [-0.3, -0.25) is 9.59 Å². The lowest BCUT2D eigenvalue weighted by atomic mass is 9.91. The number of rotatable bonds is 2. The molecule has 0 fully saturated rings. The second kappa shape index (κ2) is 4.71. The molecule has 0 unspecified atom stereocenters. The predicted octanol–water partition coefficient (Wildman–Crippen LogP) is 3.15. The van der Waals surface area contributed by atoms with Crippen LogP contribution in [0.15, 0.2) is 36.4 Å². The molecule has 23 heavy (non-hydrogen) atoms. The number of Topliss-reactive ketones (excluding diaryl/α,β-unsaturated/α-hetero) is 1. The third-order valence-electron chi connectivity index (χ3n) is 4.17. The summed E-state index contributed by atoms with van der Waals surface area (Å²) in [6, 6.07) is 11.2. The molecule has 1 N–H and O–H groups in total. The maximum atomic E-state index is 12.3. The molecule has 1 heterocycles. The Kier molecular flexibility index (Phi) is 2.78. The van der Waals surface area contributed by atoms with Gasteiger partial charge < -0.3 is 14.8 Å². The number of hydrogen-bond acceptors (Lipinski definition) is 4. The Bertz CT molecular complexity index is 1010. The number of anilines is 1. The molecule has 0 aliphatic carbocycles. The molecule has 0 radical (unpaired) electrons. The third-order valence-corrected chi connectivity index (χ3v) is 4.17. The van der Waals surface area contributed by atoms with Gasteiger partial charge in [0, 0.05) is 16.3 Å². The fraction of sp³-hybridized carbons (Fsp3) is 0.111. The molecule has 3 aromatic rings. The predicted molar refractivity (Wildman–Crippen MR) is 87.5 cm³/mol. The summed E-state index contributed by atoms with van der Waals surface area (Å²) in [7, 11) is 3.07. The van der Waals surface area contributed by atoms with Gasteiger partial charge in [0.25, 0.3) is 11.7 Å². The Hall–Kier alpha value is -3.08. The van der Waals surface area contributed by atoms with Crippen molar-refractivity contribution in [2.45, 2.75) is 0 Å². The maximum absolute atomic E-state index is 12.3. The van der Waals surface area contributed by atoms with Gasteiger partial charge in [0.1, 0.15) is 0 Å². The number of amides is 1. The number of hydrogen-bond donors (Lipinski definition) is 1. The quantitative estimate of drug-likeness (QED) is 0.583. The highest BCUT2D eigenvalue weighted by molar-refractivity contribution is 6.52. The van der Waals surface area contributed by atoms with Crippen molar-refractivity contribution in [2.24, 2.45) is 0 Å². The number of carbonyl (C=O) groups is 2. The van der Waals surface area contributed by atoms with Crippen LogP contribution >= 0.6 is 0 Å². The molecule has 5 heteroatoms. The van der Waals surface area contributed by atoms with E-state index in [-0.39, 0.29) is 0 Å². The number of ether oxygens (including phenoxy) is 2. The summed E-state index contributed by atoms with van der Waals surface area (Å²) in [5.41, 5.74) is 0.946. The summed E-state index contributed by atoms with van der Waals surface area (Å²) in [5.74, 6) is -0.228. The van der Waals surface area contributed by atoms with Crippen molar-refractivity contribution in [1.82, 2.24) is 0 Å². The van der Waals surface area contributed by atoms with Crippen molar-refractivity contribution < 1.29 is 19.1 Å². The van der Waals surface area contributed by atoms with Gasteiger partial charge in [-0.2, -0.15) is 0 Å². The molecule has 0 spiro atoms. The van der Waals surface area contributed by atoms with Crippen molar-refractivity contribution in [3.05, 3.63) is 42.0 Å². The zero-order valence-electron chi connectivity index (χ0n) is 12.6. The first-order valence-corrected chi connectivity index (χ1v) is 7.12. The lowest BCUT2D eigenvalue weighted by Crippen LogP contribution is -2.27. The zero-order valence-corrected chi connectivity index (χ0v) is 12.6. The molecule has 4 rings (SSSR count). The molecular formula is C18H13NO4. The van der Waals surface area contributed by atoms with Crippen molar-refractivity contribution in [2.75, 3.05) is 19.5 Å². The summed E-state index contributed by atoms with van der Waals surface area (Å²) in [4.78, 5) is 24.3. The average Bonchev–Trinajstić information content (AvgIpc) is 2.58. The van der Waals surface area contributed by atoms with E-state index < -0.39 is 11.7 Å². The lowest BCUT2D eigenvalue weighted by Gasteiger charge is -2.22. The van der Waals surface area contributed by atoms with Crippen LogP contribution in [-0.4, -0.2) is 25.9 Å². The van der Waals surface area contributed by atoms with Crippen LogP contribution in [0.5, 0.6) is 11.5 Å². The first kappa shape index (κ1) is 13.6. The summed E-state index contributed by atoms with van der Waals surface area (Å²) < 4.78 is 10.9. The van der Waals surface area contributed by atoms with E-state index in [1.165, 1.54) is 7.11 Å². The number of nitrogens with one attached hydrogen (secondary N) is 1. The van der Waals surface area contributed by atoms with Gasteiger partial charge in [-0.15, -0.1) is 0 Å². The molecule has 0 saturated heterocycles. The fourth-order valence-electron chi connectivity index (χ4n) is 3.19. The van der Waals surface area contributed by atoms with Crippen LogP contribution in [0.25, 0.3) is 21.5 Å². The fourth-order valence-corrected chi connectivity index (χ4v) is 3.19. The summed E-state index contributed by atoms with van der Waals surface area (Å²) in [5, 5.41) is 6.01.